The molecule has 0 atom stereocenters. The van der Waals surface area contributed by atoms with E-state index in [0.717, 1.165) is 11.8 Å². The van der Waals surface area contributed by atoms with Gasteiger partial charge in [0.1, 0.15) is 12.4 Å². The zero-order chi connectivity index (χ0) is 16.2. The summed E-state index contributed by atoms with van der Waals surface area (Å²) in [6.07, 6.45) is 3.35. The van der Waals surface area contributed by atoms with Crippen LogP contribution in [0.5, 0.6) is 5.75 Å². The number of sulfonamides is 1. The van der Waals surface area contributed by atoms with E-state index in [2.05, 4.69) is 10.0 Å². The normalized spacial score (nSPS) is 13.8. The number of carbonyl (C=O) groups excluding carboxylic acids is 1. The zero-order valence-electron chi connectivity index (χ0n) is 12.1. The first-order chi connectivity index (χ1) is 10.3. The summed E-state index contributed by atoms with van der Waals surface area (Å²) in [5.74, 6) is 0.461. The second kappa shape index (κ2) is 7.13. The Hall–Kier alpha value is -1.57. The highest BCUT2D eigenvalue weighted by atomic mass is 35.5. The Morgan fingerprint density at radius 3 is 2.86 bits per heavy atom. The van der Waals surface area contributed by atoms with Gasteiger partial charge in [-0.25, -0.2) is 13.1 Å². The molecule has 0 saturated heterocycles. The molecule has 1 aromatic rings. The maximum absolute atomic E-state index is 12.0. The van der Waals surface area contributed by atoms with Crippen LogP contribution in [-0.4, -0.2) is 40.3 Å². The van der Waals surface area contributed by atoms with Gasteiger partial charge in [-0.1, -0.05) is 11.6 Å². The lowest BCUT2D eigenvalue weighted by atomic mass is 10.1. The van der Waals surface area contributed by atoms with Crippen molar-refractivity contribution >= 4 is 33.6 Å². The van der Waals surface area contributed by atoms with Crippen LogP contribution < -0.4 is 14.8 Å². The van der Waals surface area contributed by atoms with Crippen molar-refractivity contribution in [3.05, 3.63) is 34.4 Å². The average Bonchev–Trinajstić information content (AvgIpc) is 2.44. The first kappa shape index (κ1) is 16.8. The maximum Gasteiger partial charge on any atom is 0.250 e. The van der Waals surface area contributed by atoms with Gasteiger partial charge < -0.3 is 10.1 Å². The molecule has 8 heteroatoms. The molecule has 0 unspecified atom stereocenters. The molecule has 2 rings (SSSR count). The van der Waals surface area contributed by atoms with E-state index in [1.165, 1.54) is 0 Å². The number of fused-ring (bicyclic) bond motifs is 1. The van der Waals surface area contributed by atoms with E-state index in [0.29, 0.717) is 29.3 Å². The molecule has 120 valence electrons. The lowest BCUT2D eigenvalue weighted by molar-refractivity contribution is -0.117. The smallest absolute Gasteiger partial charge is 0.250 e. The van der Waals surface area contributed by atoms with Crippen LogP contribution in [0.15, 0.2) is 23.8 Å². The summed E-state index contributed by atoms with van der Waals surface area (Å²) >= 11 is 5.92. The molecule has 0 radical (unpaired) electrons. The van der Waals surface area contributed by atoms with Crippen molar-refractivity contribution in [3.8, 4) is 5.75 Å². The van der Waals surface area contributed by atoms with Crippen LogP contribution in [0.1, 0.15) is 12.0 Å². The molecule has 22 heavy (non-hydrogen) atoms. The fraction of sp³-hybridized carbons (Fsp3) is 0.357. The number of hydrogen-bond acceptors (Lipinski definition) is 4. The highest BCUT2D eigenvalue weighted by Gasteiger charge is 2.17. The molecule has 0 fully saturated rings. The molecule has 1 heterocycles. The van der Waals surface area contributed by atoms with Crippen molar-refractivity contribution < 1.29 is 17.9 Å². The first-order valence-electron chi connectivity index (χ1n) is 6.71. The topological polar surface area (TPSA) is 84.5 Å². The van der Waals surface area contributed by atoms with E-state index in [-0.39, 0.29) is 19.1 Å². The summed E-state index contributed by atoms with van der Waals surface area (Å²) in [7, 11) is -3.19. The summed E-state index contributed by atoms with van der Waals surface area (Å²) in [5, 5.41) is 3.31. The fourth-order valence-corrected chi connectivity index (χ4v) is 2.64. The Bertz CT molecular complexity index is 701. The highest BCUT2D eigenvalue weighted by molar-refractivity contribution is 7.88. The molecular formula is C14H17ClN2O4S. The zero-order valence-corrected chi connectivity index (χ0v) is 13.6. The van der Waals surface area contributed by atoms with Gasteiger partial charge in [-0.05, 0) is 30.7 Å². The predicted octanol–water partition coefficient (Wildman–Crippen LogP) is 1.17. The highest BCUT2D eigenvalue weighted by Crippen LogP contribution is 2.28. The summed E-state index contributed by atoms with van der Waals surface area (Å²) in [6.45, 7) is 0.857. The van der Waals surface area contributed by atoms with E-state index >= 15 is 0 Å². The van der Waals surface area contributed by atoms with Crippen LogP contribution in [-0.2, 0) is 14.8 Å². The lowest BCUT2D eigenvalue weighted by Crippen LogP contribution is -2.32. The van der Waals surface area contributed by atoms with E-state index in [9.17, 15) is 13.2 Å². The molecular weight excluding hydrogens is 328 g/mol. The number of halogens is 1. The van der Waals surface area contributed by atoms with Gasteiger partial charge in [-0.2, -0.15) is 0 Å². The molecule has 1 aliphatic heterocycles. The van der Waals surface area contributed by atoms with Gasteiger partial charge >= 0.3 is 0 Å². The Labute approximate surface area is 134 Å². The van der Waals surface area contributed by atoms with E-state index < -0.39 is 10.0 Å². The minimum Gasteiger partial charge on any atom is -0.488 e. The van der Waals surface area contributed by atoms with Gasteiger partial charge in [0.25, 0.3) is 5.91 Å². The molecule has 2 N–H and O–H groups in total. The third-order valence-corrected chi connectivity index (χ3v) is 3.94. The van der Waals surface area contributed by atoms with Crippen molar-refractivity contribution in [3.63, 3.8) is 0 Å². The largest absolute Gasteiger partial charge is 0.488 e. The Morgan fingerprint density at radius 2 is 2.14 bits per heavy atom. The second-order valence-electron chi connectivity index (χ2n) is 4.92. The Balaban J connectivity index is 1.86. The molecule has 6 nitrogen and oxygen atoms in total. The van der Waals surface area contributed by atoms with Gasteiger partial charge in [0.2, 0.25) is 10.0 Å². The van der Waals surface area contributed by atoms with Gasteiger partial charge in [0.05, 0.1) is 11.8 Å². The number of nitrogens with one attached hydrogen (secondary N) is 2. The van der Waals surface area contributed by atoms with Crippen LogP contribution in [0, 0.1) is 0 Å². The van der Waals surface area contributed by atoms with Gasteiger partial charge in [-0.15, -0.1) is 0 Å². The quantitative estimate of drug-likeness (QED) is 0.759. The van der Waals surface area contributed by atoms with Crippen LogP contribution in [0.3, 0.4) is 0 Å². The van der Waals surface area contributed by atoms with Crippen molar-refractivity contribution in [2.24, 2.45) is 0 Å². The van der Waals surface area contributed by atoms with E-state index in [1.54, 1.807) is 24.3 Å². The van der Waals surface area contributed by atoms with Crippen LogP contribution in [0.4, 0.5) is 0 Å². The lowest BCUT2D eigenvalue weighted by Gasteiger charge is -2.17. The van der Waals surface area contributed by atoms with Crippen LogP contribution in [0.2, 0.25) is 5.02 Å². The summed E-state index contributed by atoms with van der Waals surface area (Å²) < 4.78 is 29.6. The summed E-state index contributed by atoms with van der Waals surface area (Å²) in [6, 6.07) is 5.23. The second-order valence-corrected chi connectivity index (χ2v) is 7.19. The molecule has 1 aromatic carbocycles. The van der Waals surface area contributed by atoms with E-state index in [4.69, 9.17) is 16.3 Å². The predicted molar refractivity (Wildman–Crippen MR) is 85.4 cm³/mol. The van der Waals surface area contributed by atoms with Crippen molar-refractivity contribution in [2.45, 2.75) is 6.42 Å². The van der Waals surface area contributed by atoms with Crippen molar-refractivity contribution in [1.29, 1.82) is 0 Å². The van der Waals surface area contributed by atoms with Crippen molar-refractivity contribution in [1.82, 2.24) is 10.0 Å². The number of rotatable bonds is 6. The molecule has 1 aliphatic rings. The third kappa shape index (κ3) is 5.01. The van der Waals surface area contributed by atoms with Gasteiger partial charge in [-0.3, -0.25) is 4.79 Å². The Morgan fingerprint density at radius 1 is 1.36 bits per heavy atom. The number of benzene rings is 1. The van der Waals surface area contributed by atoms with Gasteiger partial charge in [0.15, 0.2) is 0 Å². The standard InChI is InChI=1S/C14H17ClN2O4S/c1-22(19,20)17-6-2-5-16-14(18)11-7-10-8-12(15)3-4-13(10)21-9-11/h3-4,7-8,17H,2,5-6,9H2,1H3,(H,16,18). The van der Waals surface area contributed by atoms with Crippen LogP contribution >= 0.6 is 11.6 Å². The summed E-state index contributed by atoms with van der Waals surface area (Å²) in [5.41, 5.74) is 1.27. The number of hydrogen-bond donors (Lipinski definition) is 2. The molecule has 0 aromatic heterocycles. The summed E-state index contributed by atoms with van der Waals surface area (Å²) in [4.78, 5) is 12.0. The fourth-order valence-electron chi connectivity index (χ4n) is 1.94. The number of amides is 1. The van der Waals surface area contributed by atoms with Crippen LogP contribution in [0.25, 0.3) is 6.08 Å². The van der Waals surface area contributed by atoms with Crippen molar-refractivity contribution in [2.75, 3.05) is 26.0 Å². The first-order valence-corrected chi connectivity index (χ1v) is 8.98. The molecule has 0 spiro atoms. The minimum atomic E-state index is -3.19. The Kier molecular flexibility index (Phi) is 5.44. The monoisotopic (exact) mass is 344 g/mol. The SMILES string of the molecule is CS(=O)(=O)NCCCNC(=O)C1=Cc2cc(Cl)ccc2OC1. The third-order valence-electron chi connectivity index (χ3n) is 2.98. The number of ether oxygens (including phenoxy) is 1. The number of carbonyl (C=O) groups is 1. The minimum absolute atomic E-state index is 0.196. The molecule has 0 aliphatic carbocycles. The maximum atomic E-state index is 12.0. The average molecular weight is 345 g/mol. The molecule has 0 bridgehead atoms. The molecule has 1 amide bonds. The van der Waals surface area contributed by atoms with E-state index in [1.807, 2.05) is 0 Å². The van der Waals surface area contributed by atoms with Gasteiger partial charge in [0, 0.05) is 23.7 Å². The molecule has 0 saturated carbocycles.